The van der Waals surface area contributed by atoms with Crippen molar-refractivity contribution in [3.05, 3.63) is 24.5 Å². The maximum Gasteiger partial charge on any atom is 0.180 e. The van der Waals surface area contributed by atoms with Crippen LogP contribution in [0.15, 0.2) is 24.5 Å². The monoisotopic (exact) mass is 313 g/mol. The summed E-state index contributed by atoms with van der Waals surface area (Å²) in [6.07, 6.45) is 6.92. The Hall–Kier alpha value is -1.79. The van der Waals surface area contributed by atoms with Crippen LogP contribution in [-0.2, 0) is 4.74 Å². The molecular weight excluding hydrogens is 290 g/mol. The van der Waals surface area contributed by atoms with Crippen molar-refractivity contribution in [3.63, 3.8) is 0 Å². The van der Waals surface area contributed by atoms with Gasteiger partial charge in [0.25, 0.3) is 0 Å². The third-order valence-corrected chi connectivity index (χ3v) is 4.81. The van der Waals surface area contributed by atoms with Gasteiger partial charge in [0, 0.05) is 44.7 Å². The van der Waals surface area contributed by atoms with Crippen LogP contribution in [0.1, 0.15) is 19.3 Å². The molecule has 6 heteroatoms. The number of hydrogen-bond donors (Lipinski definition) is 1. The van der Waals surface area contributed by atoms with Crippen LogP contribution >= 0.6 is 0 Å². The van der Waals surface area contributed by atoms with E-state index in [0.717, 1.165) is 56.4 Å². The van der Waals surface area contributed by atoms with Crippen LogP contribution in [-0.4, -0.2) is 58.7 Å². The molecule has 6 nitrogen and oxygen atoms in total. The second-order valence-corrected chi connectivity index (χ2v) is 6.54. The predicted molar refractivity (Wildman–Crippen MR) is 89.3 cm³/mol. The molecule has 2 aromatic rings. The molecule has 0 radical (unpaired) electrons. The summed E-state index contributed by atoms with van der Waals surface area (Å²) in [4.78, 5) is 15.7. The van der Waals surface area contributed by atoms with Crippen LogP contribution < -0.4 is 5.32 Å². The molecule has 2 fully saturated rings. The van der Waals surface area contributed by atoms with Crippen LogP contribution in [0, 0.1) is 5.92 Å². The molecule has 0 amide bonds. The molecule has 122 valence electrons. The third kappa shape index (κ3) is 3.59. The second kappa shape index (κ2) is 6.76. The largest absolute Gasteiger partial charge is 0.381 e. The lowest BCUT2D eigenvalue weighted by molar-refractivity contribution is 0.154. The number of anilines is 1. The van der Waals surface area contributed by atoms with E-state index in [9.17, 15) is 0 Å². The van der Waals surface area contributed by atoms with Crippen LogP contribution in [0.2, 0.25) is 0 Å². The Kier molecular flexibility index (Phi) is 4.35. The van der Waals surface area contributed by atoms with Crippen molar-refractivity contribution in [1.82, 2.24) is 19.9 Å². The minimum Gasteiger partial charge on any atom is -0.381 e. The number of pyridine rings is 1. The normalized spacial score (nSPS) is 23.4. The molecule has 0 aromatic carbocycles. The molecule has 1 atom stereocenters. The van der Waals surface area contributed by atoms with Crippen molar-refractivity contribution in [1.29, 1.82) is 0 Å². The van der Waals surface area contributed by atoms with Crippen LogP contribution in [0.3, 0.4) is 0 Å². The summed E-state index contributed by atoms with van der Waals surface area (Å²) in [6, 6.07) is 4.47. The average Bonchev–Trinajstić information content (AvgIpc) is 3.10. The average molecular weight is 313 g/mol. The lowest BCUT2D eigenvalue weighted by Gasteiger charge is -2.33. The van der Waals surface area contributed by atoms with E-state index in [4.69, 9.17) is 4.74 Å². The highest BCUT2D eigenvalue weighted by Crippen LogP contribution is 2.20. The van der Waals surface area contributed by atoms with Gasteiger partial charge in [0.2, 0.25) is 0 Å². The molecule has 0 bridgehead atoms. The van der Waals surface area contributed by atoms with Gasteiger partial charge >= 0.3 is 0 Å². The summed E-state index contributed by atoms with van der Waals surface area (Å²) in [5.74, 6) is 1.64. The number of likely N-dealkylation sites (tertiary alicyclic amines) is 1. The number of ether oxygens (including phenoxy) is 1. The maximum atomic E-state index is 5.48. The van der Waals surface area contributed by atoms with Crippen LogP contribution in [0.4, 0.5) is 5.82 Å². The van der Waals surface area contributed by atoms with E-state index in [1.807, 2.05) is 12.1 Å². The summed E-state index contributed by atoms with van der Waals surface area (Å²) in [7, 11) is 0. The number of hydrogen-bond acceptors (Lipinski definition) is 6. The zero-order chi connectivity index (χ0) is 15.5. The first-order valence-corrected chi connectivity index (χ1v) is 8.51. The Morgan fingerprint density at radius 3 is 2.83 bits per heavy atom. The van der Waals surface area contributed by atoms with Gasteiger partial charge in [-0.05, 0) is 37.3 Å². The molecule has 0 saturated carbocycles. The molecule has 2 aromatic heterocycles. The molecule has 4 rings (SSSR count). The zero-order valence-corrected chi connectivity index (χ0v) is 13.3. The second-order valence-electron chi connectivity index (χ2n) is 6.54. The zero-order valence-electron chi connectivity index (χ0n) is 13.3. The summed E-state index contributed by atoms with van der Waals surface area (Å²) in [6.45, 7) is 5.39. The summed E-state index contributed by atoms with van der Waals surface area (Å²) < 4.78 is 5.48. The van der Waals surface area contributed by atoms with Crippen LogP contribution in [0.25, 0.3) is 11.2 Å². The van der Waals surface area contributed by atoms with Gasteiger partial charge in [0.05, 0.1) is 6.61 Å². The van der Waals surface area contributed by atoms with Crippen molar-refractivity contribution < 1.29 is 4.74 Å². The van der Waals surface area contributed by atoms with Crippen molar-refractivity contribution in [2.75, 3.05) is 38.2 Å². The number of nitrogens with zero attached hydrogens (tertiary/aromatic N) is 4. The molecule has 23 heavy (non-hydrogen) atoms. The summed E-state index contributed by atoms with van der Waals surface area (Å²) in [5.41, 5.74) is 1.54. The number of rotatable bonds is 4. The standard InChI is InChI=1S/C17H23N5O/c1-2-16(21-17-15(1)18-6-7-19-17)20-14-3-8-22(9-4-14)11-13-5-10-23-12-13/h1-2,6-7,13-14H,3-5,8-12H2,(H,19,20,21). The van der Waals surface area contributed by atoms with Gasteiger partial charge in [-0.2, -0.15) is 0 Å². The number of aromatic nitrogens is 3. The molecular formula is C17H23N5O. The van der Waals surface area contributed by atoms with Gasteiger partial charge < -0.3 is 15.0 Å². The predicted octanol–water partition coefficient (Wildman–Crippen LogP) is 1.94. The third-order valence-electron chi connectivity index (χ3n) is 4.81. The molecule has 1 N–H and O–H groups in total. The van der Waals surface area contributed by atoms with Crippen LogP contribution in [0.5, 0.6) is 0 Å². The molecule has 4 heterocycles. The van der Waals surface area contributed by atoms with Crippen molar-refractivity contribution in [2.45, 2.75) is 25.3 Å². The van der Waals surface area contributed by atoms with Gasteiger partial charge in [-0.3, -0.25) is 4.98 Å². The minimum atomic E-state index is 0.493. The van der Waals surface area contributed by atoms with E-state index in [0.29, 0.717) is 11.7 Å². The van der Waals surface area contributed by atoms with E-state index in [-0.39, 0.29) is 0 Å². The summed E-state index contributed by atoms with van der Waals surface area (Å²) in [5, 5.41) is 3.56. The van der Waals surface area contributed by atoms with Crippen molar-refractivity contribution in [2.24, 2.45) is 5.92 Å². The minimum absolute atomic E-state index is 0.493. The first-order valence-electron chi connectivity index (χ1n) is 8.51. The molecule has 2 saturated heterocycles. The Balaban J connectivity index is 1.31. The fourth-order valence-corrected chi connectivity index (χ4v) is 3.50. The topological polar surface area (TPSA) is 63.2 Å². The Labute approximate surface area is 136 Å². The van der Waals surface area contributed by atoms with Gasteiger partial charge in [-0.15, -0.1) is 0 Å². The number of fused-ring (bicyclic) bond motifs is 1. The highest BCUT2D eigenvalue weighted by Gasteiger charge is 2.23. The smallest absolute Gasteiger partial charge is 0.180 e. The van der Waals surface area contributed by atoms with E-state index >= 15 is 0 Å². The number of piperidine rings is 1. The van der Waals surface area contributed by atoms with Gasteiger partial charge in [0.15, 0.2) is 5.65 Å². The van der Waals surface area contributed by atoms with Gasteiger partial charge in [-0.25, -0.2) is 9.97 Å². The Morgan fingerprint density at radius 1 is 1.13 bits per heavy atom. The fraction of sp³-hybridized carbons (Fsp3) is 0.588. The van der Waals surface area contributed by atoms with Crippen molar-refractivity contribution in [3.8, 4) is 0 Å². The Bertz CT molecular complexity index is 650. The highest BCUT2D eigenvalue weighted by atomic mass is 16.5. The summed E-state index contributed by atoms with van der Waals surface area (Å²) >= 11 is 0. The van der Waals surface area contributed by atoms with Gasteiger partial charge in [0.1, 0.15) is 11.3 Å². The maximum absolute atomic E-state index is 5.48. The van der Waals surface area contributed by atoms with E-state index in [2.05, 4.69) is 25.2 Å². The molecule has 2 aliphatic heterocycles. The SMILES string of the molecule is c1cnc2nc(NC3CCN(CC4CCOC4)CC3)ccc2n1. The first-order chi connectivity index (χ1) is 11.4. The van der Waals surface area contributed by atoms with E-state index in [1.54, 1.807) is 12.4 Å². The lowest BCUT2D eigenvalue weighted by atomic mass is 10.0. The first kappa shape index (κ1) is 14.8. The van der Waals surface area contributed by atoms with E-state index < -0.39 is 0 Å². The quantitative estimate of drug-likeness (QED) is 0.931. The Morgan fingerprint density at radius 2 is 2.00 bits per heavy atom. The molecule has 0 aliphatic carbocycles. The molecule has 2 aliphatic rings. The number of nitrogens with one attached hydrogen (secondary N) is 1. The highest BCUT2D eigenvalue weighted by molar-refractivity contribution is 5.71. The van der Waals surface area contributed by atoms with E-state index in [1.165, 1.54) is 13.0 Å². The molecule has 0 spiro atoms. The fourth-order valence-electron chi connectivity index (χ4n) is 3.50. The van der Waals surface area contributed by atoms with Gasteiger partial charge in [-0.1, -0.05) is 0 Å². The van der Waals surface area contributed by atoms with Crippen molar-refractivity contribution >= 4 is 17.0 Å². The lowest BCUT2D eigenvalue weighted by Crippen LogP contribution is -2.41. The molecule has 1 unspecified atom stereocenters.